The minimum absolute atomic E-state index is 0.0893. The molecule has 0 spiro atoms. The predicted octanol–water partition coefficient (Wildman–Crippen LogP) is 4.30. The van der Waals surface area contributed by atoms with Crippen molar-refractivity contribution in [2.45, 2.75) is 12.5 Å². The summed E-state index contributed by atoms with van der Waals surface area (Å²) in [5.74, 6) is 0. The number of para-hydroxylation sites is 1. The third-order valence-electron chi connectivity index (χ3n) is 3.09. The molecule has 1 aromatic carbocycles. The van der Waals surface area contributed by atoms with Gasteiger partial charge in [0.15, 0.2) is 0 Å². The maximum atomic E-state index is 6.29. The predicted molar refractivity (Wildman–Crippen MR) is 84.4 cm³/mol. The van der Waals surface area contributed by atoms with Gasteiger partial charge >= 0.3 is 0 Å². The summed E-state index contributed by atoms with van der Waals surface area (Å²) >= 11 is 5.28. The highest BCUT2D eigenvalue weighted by Crippen LogP contribution is 2.27. The quantitative estimate of drug-likeness (QED) is 0.776. The number of hydrogen-bond donors (Lipinski definition) is 1. The van der Waals surface area contributed by atoms with E-state index in [9.17, 15) is 0 Å². The van der Waals surface area contributed by atoms with Crippen LogP contribution in [0, 0.1) is 0 Å². The van der Waals surface area contributed by atoms with E-state index in [1.54, 1.807) is 11.3 Å². The maximum Gasteiger partial charge on any atom is 0.0723 e. The monoisotopic (exact) mass is 332 g/mol. The van der Waals surface area contributed by atoms with Crippen molar-refractivity contribution in [1.82, 2.24) is 4.98 Å². The van der Waals surface area contributed by atoms with Crippen molar-refractivity contribution in [2.24, 2.45) is 5.73 Å². The van der Waals surface area contributed by atoms with Gasteiger partial charge in [0.25, 0.3) is 0 Å². The molecule has 0 fully saturated rings. The third-order valence-corrected chi connectivity index (χ3v) is 4.46. The smallest absolute Gasteiger partial charge is 0.0723 e. The molecule has 2 nitrogen and oxygen atoms in total. The van der Waals surface area contributed by atoms with Crippen LogP contribution >= 0.6 is 27.3 Å². The summed E-state index contributed by atoms with van der Waals surface area (Å²) in [5, 5.41) is 5.33. The number of nitrogens with two attached hydrogens (primary N) is 1. The molecule has 4 heteroatoms. The number of hydrogen-bond acceptors (Lipinski definition) is 3. The Labute approximate surface area is 124 Å². The minimum atomic E-state index is -0.0893. The first-order valence-corrected chi connectivity index (χ1v) is 7.79. The molecule has 0 aliphatic rings. The van der Waals surface area contributed by atoms with Crippen molar-refractivity contribution in [3.8, 4) is 0 Å². The number of nitrogens with zero attached hydrogens (tertiary/aromatic N) is 1. The largest absolute Gasteiger partial charge is 0.322 e. The molecule has 3 rings (SSSR count). The molecule has 1 atom stereocenters. The Morgan fingerprint density at radius 2 is 2.11 bits per heavy atom. The van der Waals surface area contributed by atoms with Gasteiger partial charge in [0.2, 0.25) is 0 Å². The lowest BCUT2D eigenvalue weighted by Crippen LogP contribution is -2.15. The van der Waals surface area contributed by atoms with Crippen molar-refractivity contribution in [3.05, 3.63) is 62.9 Å². The fourth-order valence-corrected chi connectivity index (χ4v) is 3.44. The third kappa shape index (κ3) is 2.71. The fraction of sp³-hybridized carbons (Fsp3) is 0.133. The molecule has 0 saturated heterocycles. The number of benzene rings is 1. The Hall–Kier alpha value is -1.23. The average molecular weight is 333 g/mol. The van der Waals surface area contributed by atoms with E-state index in [0.29, 0.717) is 0 Å². The second-order valence-electron chi connectivity index (χ2n) is 4.49. The van der Waals surface area contributed by atoms with E-state index in [-0.39, 0.29) is 6.04 Å². The molecule has 0 saturated carbocycles. The van der Waals surface area contributed by atoms with Gasteiger partial charge in [-0.25, -0.2) is 4.98 Å². The average Bonchev–Trinajstić information content (AvgIpc) is 2.90. The van der Waals surface area contributed by atoms with Crippen LogP contribution in [0.3, 0.4) is 0 Å². The summed E-state index contributed by atoms with van der Waals surface area (Å²) in [5.41, 5.74) is 9.46. The second kappa shape index (κ2) is 5.41. The number of fused-ring (bicyclic) bond motifs is 1. The van der Waals surface area contributed by atoms with Gasteiger partial charge in [0.05, 0.1) is 17.3 Å². The summed E-state index contributed by atoms with van der Waals surface area (Å²) in [4.78, 5) is 4.69. The van der Waals surface area contributed by atoms with Gasteiger partial charge in [-0.1, -0.05) is 18.2 Å². The molecule has 2 heterocycles. The zero-order valence-corrected chi connectivity index (χ0v) is 12.6. The lowest BCUT2D eigenvalue weighted by molar-refractivity contribution is 0.697. The number of halogens is 1. The highest BCUT2D eigenvalue weighted by atomic mass is 79.9. The fourth-order valence-electron chi connectivity index (χ4n) is 2.12. The standard InChI is InChI=1S/C15H13BrN2S/c16-12-8-11-3-1-2-4-14(11)18-15(12)13(17)7-10-5-6-19-9-10/h1-6,8-9,13H,7,17H2. The Bertz CT molecular complexity index is 694. The molecule has 3 aromatic rings. The summed E-state index contributed by atoms with van der Waals surface area (Å²) in [6, 6.07) is 12.2. The van der Waals surface area contributed by atoms with Crippen molar-refractivity contribution >= 4 is 38.2 Å². The molecule has 2 aromatic heterocycles. The Morgan fingerprint density at radius 3 is 2.89 bits per heavy atom. The van der Waals surface area contributed by atoms with Gasteiger partial charge in [-0.2, -0.15) is 11.3 Å². The van der Waals surface area contributed by atoms with Gasteiger partial charge in [-0.15, -0.1) is 0 Å². The molecule has 0 radical (unpaired) electrons. The van der Waals surface area contributed by atoms with Crippen LogP contribution < -0.4 is 5.73 Å². The molecule has 0 aliphatic carbocycles. The van der Waals surface area contributed by atoms with Gasteiger partial charge in [0, 0.05) is 9.86 Å². The highest BCUT2D eigenvalue weighted by Gasteiger charge is 2.13. The van der Waals surface area contributed by atoms with Crippen LogP contribution in [0.15, 0.2) is 51.6 Å². The zero-order valence-electron chi connectivity index (χ0n) is 10.2. The van der Waals surface area contributed by atoms with Crippen molar-refractivity contribution in [3.63, 3.8) is 0 Å². The van der Waals surface area contributed by atoms with E-state index in [1.807, 2.05) is 18.2 Å². The van der Waals surface area contributed by atoms with E-state index in [2.05, 4.69) is 49.9 Å². The van der Waals surface area contributed by atoms with E-state index < -0.39 is 0 Å². The first-order valence-electron chi connectivity index (χ1n) is 6.06. The first-order chi connectivity index (χ1) is 9.24. The lowest BCUT2D eigenvalue weighted by atomic mass is 10.1. The molecule has 19 heavy (non-hydrogen) atoms. The molecule has 2 N–H and O–H groups in total. The topological polar surface area (TPSA) is 38.9 Å². The van der Waals surface area contributed by atoms with Crippen LogP contribution in [0.1, 0.15) is 17.3 Å². The summed E-state index contributed by atoms with van der Waals surface area (Å²) in [6.45, 7) is 0. The van der Waals surface area contributed by atoms with Gasteiger partial charge < -0.3 is 5.73 Å². The van der Waals surface area contributed by atoms with Gasteiger partial charge in [-0.05, 0) is 56.9 Å². The highest BCUT2D eigenvalue weighted by molar-refractivity contribution is 9.10. The van der Waals surface area contributed by atoms with Crippen LogP contribution in [0.5, 0.6) is 0 Å². The van der Waals surface area contributed by atoms with E-state index >= 15 is 0 Å². The van der Waals surface area contributed by atoms with Crippen LogP contribution in [-0.4, -0.2) is 4.98 Å². The van der Waals surface area contributed by atoms with E-state index in [0.717, 1.165) is 27.5 Å². The number of thiophene rings is 1. The molecule has 0 bridgehead atoms. The number of pyridine rings is 1. The summed E-state index contributed by atoms with van der Waals surface area (Å²) < 4.78 is 0.980. The Balaban J connectivity index is 1.97. The number of aromatic nitrogens is 1. The lowest BCUT2D eigenvalue weighted by Gasteiger charge is -2.13. The van der Waals surface area contributed by atoms with Crippen LogP contribution in [-0.2, 0) is 6.42 Å². The molecule has 0 amide bonds. The van der Waals surface area contributed by atoms with Crippen molar-refractivity contribution < 1.29 is 0 Å². The normalized spacial score (nSPS) is 12.7. The van der Waals surface area contributed by atoms with Crippen molar-refractivity contribution in [1.29, 1.82) is 0 Å². The van der Waals surface area contributed by atoms with Gasteiger partial charge in [-0.3, -0.25) is 0 Å². The molecule has 1 unspecified atom stereocenters. The second-order valence-corrected chi connectivity index (χ2v) is 6.12. The zero-order chi connectivity index (χ0) is 13.2. The Morgan fingerprint density at radius 1 is 1.26 bits per heavy atom. The van der Waals surface area contributed by atoms with E-state index in [4.69, 9.17) is 5.73 Å². The first kappa shape index (κ1) is 12.8. The SMILES string of the molecule is NC(Cc1ccsc1)c1nc2ccccc2cc1Br. The van der Waals surface area contributed by atoms with Crippen LogP contribution in [0.25, 0.3) is 10.9 Å². The molecular weight excluding hydrogens is 320 g/mol. The van der Waals surface area contributed by atoms with Crippen molar-refractivity contribution in [2.75, 3.05) is 0 Å². The summed E-state index contributed by atoms with van der Waals surface area (Å²) in [7, 11) is 0. The molecule has 0 aliphatic heterocycles. The van der Waals surface area contributed by atoms with Crippen LogP contribution in [0.4, 0.5) is 0 Å². The van der Waals surface area contributed by atoms with Crippen LogP contribution in [0.2, 0.25) is 0 Å². The summed E-state index contributed by atoms with van der Waals surface area (Å²) in [6.07, 6.45) is 0.813. The van der Waals surface area contributed by atoms with E-state index in [1.165, 1.54) is 5.56 Å². The molecular formula is C15H13BrN2S. The van der Waals surface area contributed by atoms with Gasteiger partial charge in [0.1, 0.15) is 0 Å². The Kier molecular flexibility index (Phi) is 3.64. The molecule has 96 valence electrons. The number of rotatable bonds is 3. The maximum absolute atomic E-state index is 6.29. The minimum Gasteiger partial charge on any atom is -0.322 e.